The number of nitrogens with one attached hydrogen (secondary N) is 1. The number of aryl methyl sites for hydroxylation is 2. The van der Waals surface area contributed by atoms with Crippen molar-refractivity contribution in [2.24, 2.45) is 0 Å². The number of ether oxygens (including phenoxy) is 1. The van der Waals surface area contributed by atoms with E-state index in [0.717, 1.165) is 16.6 Å². The number of anilines is 1. The Kier molecular flexibility index (Phi) is 5.91. The predicted molar refractivity (Wildman–Crippen MR) is 123 cm³/mol. The second-order valence-corrected chi connectivity index (χ2v) is 8.29. The minimum atomic E-state index is -0.302. The van der Waals surface area contributed by atoms with Crippen LogP contribution in [-0.2, 0) is 4.79 Å². The standard InChI is InChI=1S/C23H22N4O4S/c1-13-19-14(2)24-21(17-9-6-10-31-17)26-22(19)32-20(13)23(29)27(3)12-18(28)25-15-7-5-8-16(11-15)30-4/h5-11H,12H2,1-4H3,(H,25,28). The highest BCUT2D eigenvalue weighted by atomic mass is 32.1. The van der Waals surface area contributed by atoms with Crippen LogP contribution < -0.4 is 10.1 Å². The monoisotopic (exact) mass is 450 g/mol. The number of nitrogens with zero attached hydrogens (tertiary/aromatic N) is 3. The van der Waals surface area contributed by atoms with Crippen LogP contribution in [0.3, 0.4) is 0 Å². The van der Waals surface area contributed by atoms with Crippen LogP contribution in [0.15, 0.2) is 47.1 Å². The fourth-order valence-corrected chi connectivity index (χ4v) is 4.65. The zero-order valence-corrected chi connectivity index (χ0v) is 18.9. The van der Waals surface area contributed by atoms with Gasteiger partial charge >= 0.3 is 0 Å². The van der Waals surface area contributed by atoms with Gasteiger partial charge in [-0.3, -0.25) is 9.59 Å². The number of hydrogen-bond acceptors (Lipinski definition) is 7. The molecule has 0 unspecified atom stereocenters. The van der Waals surface area contributed by atoms with Gasteiger partial charge in [0.2, 0.25) is 5.91 Å². The van der Waals surface area contributed by atoms with Crippen LogP contribution in [0.4, 0.5) is 5.69 Å². The van der Waals surface area contributed by atoms with Gasteiger partial charge in [0.05, 0.1) is 30.5 Å². The third-order valence-corrected chi connectivity index (χ3v) is 6.16. The summed E-state index contributed by atoms with van der Waals surface area (Å²) in [6, 6.07) is 10.6. The Labute approximate surface area is 188 Å². The number of thiophene rings is 1. The van der Waals surface area contributed by atoms with Crippen LogP contribution >= 0.6 is 11.3 Å². The molecule has 0 aliphatic rings. The Hall–Kier alpha value is -3.72. The number of methoxy groups -OCH3 is 1. The molecule has 0 fully saturated rings. The van der Waals surface area contributed by atoms with Crippen molar-refractivity contribution in [2.45, 2.75) is 13.8 Å². The molecule has 0 bridgehead atoms. The molecular weight excluding hydrogens is 428 g/mol. The van der Waals surface area contributed by atoms with E-state index in [1.165, 1.54) is 16.2 Å². The number of amides is 2. The molecular formula is C23H22N4O4S. The SMILES string of the molecule is COc1cccc(NC(=O)CN(C)C(=O)c2sc3nc(-c4ccco4)nc(C)c3c2C)c1. The first-order valence-corrected chi connectivity index (χ1v) is 10.7. The van der Waals surface area contributed by atoms with E-state index in [9.17, 15) is 9.59 Å². The molecule has 0 radical (unpaired) electrons. The molecule has 0 saturated heterocycles. The molecule has 0 saturated carbocycles. The van der Waals surface area contributed by atoms with Gasteiger partial charge in [-0.25, -0.2) is 9.97 Å². The summed E-state index contributed by atoms with van der Waals surface area (Å²) in [6.07, 6.45) is 1.57. The molecule has 4 rings (SSSR count). The van der Waals surface area contributed by atoms with E-state index in [0.29, 0.717) is 32.7 Å². The van der Waals surface area contributed by atoms with E-state index in [1.807, 2.05) is 13.8 Å². The van der Waals surface area contributed by atoms with Gasteiger partial charge in [-0.1, -0.05) is 6.07 Å². The lowest BCUT2D eigenvalue weighted by Crippen LogP contribution is -2.34. The van der Waals surface area contributed by atoms with Gasteiger partial charge < -0.3 is 19.4 Å². The molecule has 9 heteroatoms. The van der Waals surface area contributed by atoms with Gasteiger partial charge in [0.1, 0.15) is 10.6 Å². The summed E-state index contributed by atoms with van der Waals surface area (Å²) < 4.78 is 10.6. The fourth-order valence-electron chi connectivity index (χ4n) is 3.42. The van der Waals surface area contributed by atoms with E-state index in [1.54, 1.807) is 56.8 Å². The first-order valence-electron chi connectivity index (χ1n) is 9.88. The average molecular weight is 451 g/mol. The van der Waals surface area contributed by atoms with Crippen LogP contribution in [0.25, 0.3) is 21.8 Å². The lowest BCUT2D eigenvalue weighted by molar-refractivity contribution is -0.116. The summed E-state index contributed by atoms with van der Waals surface area (Å²) >= 11 is 1.29. The highest BCUT2D eigenvalue weighted by Crippen LogP contribution is 2.33. The van der Waals surface area contributed by atoms with E-state index in [2.05, 4.69) is 15.3 Å². The molecule has 0 atom stereocenters. The maximum absolute atomic E-state index is 13.1. The van der Waals surface area contributed by atoms with Crippen molar-refractivity contribution < 1.29 is 18.7 Å². The van der Waals surface area contributed by atoms with Gasteiger partial charge in [-0.15, -0.1) is 11.3 Å². The maximum atomic E-state index is 13.1. The summed E-state index contributed by atoms with van der Waals surface area (Å²) in [7, 11) is 3.16. The van der Waals surface area contributed by atoms with Gasteiger partial charge in [-0.2, -0.15) is 0 Å². The van der Waals surface area contributed by atoms with Crippen molar-refractivity contribution in [3.05, 3.63) is 58.8 Å². The molecule has 4 aromatic rings. The number of carbonyl (C=O) groups excluding carboxylic acids is 2. The third kappa shape index (κ3) is 4.19. The molecule has 0 aliphatic carbocycles. The average Bonchev–Trinajstić information content (AvgIpc) is 3.41. The maximum Gasteiger partial charge on any atom is 0.264 e. The summed E-state index contributed by atoms with van der Waals surface area (Å²) in [4.78, 5) is 37.3. The Balaban J connectivity index is 1.54. The Morgan fingerprint density at radius 1 is 1.19 bits per heavy atom. The molecule has 32 heavy (non-hydrogen) atoms. The van der Waals surface area contributed by atoms with Crippen LogP contribution in [0, 0.1) is 13.8 Å². The molecule has 2 amide bonds. The highest BCUT2D eigenvalue weighted by Gasteiger charge is 2.23. The Morgan fingerprint density at radius 2 is 2.00 bits per heavy atom. The number of rotatable bonds is 6. The zero-order valence-electron chi connectivity index (χ0n) is 18.1. The molecule has 0 spiro atoms. The lowest BCUT2D eigenvalue weighted by Gasteiger charge is -2.16. The van der Waals surface area contributed by atoms with Crippen molar-refractivity contribution >= 4 is 39.1 Å². The number of hydrogen-bond donors (Lipinski definition) is 1. The molecule has 1 aromatic carbocycles. The number of likely N-dealkylation sites (N-methyl/N-ethyl adjacent to an activating group) is 1. The van der Waals surface area contributed by atoms with E-state index in [4.69, 9.17) is 9.15 Å². The number of fused-ring (bicyclic) bond motifs is 1. The predicted octanol–water partition coefficient (Wildman–Crippen LogP) is 4.29. The normalized spacial score (nSPS) is 10.9. The quantitative estimate of drug-likeness (QED) is 0.471. The lowest BCUT2D eigenvalue weighted by atomic mass is 10.1. The Morgan fingerprint density at radius 3 is 2.72 bits per heavy atom. The molecule has 3 heterocycles. The fraction of sp³-hybridized carbons (Fsp3) is 0.217. The molecule has 1 N–H and O–H groups in total. The minimum Gasteiger partial charge on any atom is -0.497 e. The van der Waals surface area contributed by atoms with Crippen molar-refractivity contribution in [1.82, 2.24) is 14.9 Å². The van der Waals surface area contributed by atoms with Gasteiger partial charge in [-0.05, 0) is 43.7 Å². The van der Waals surface area contributed by atoms with Crippen LogP contribution in [0.2, 0.25) is 0 Å². The highest BCUT2D eigenvalue weighted by molar-refractivity contribution is 7.20. The van der Waals surface area contributed by atoms with Crippen molar-refractivity contribution in [3.8, 4) is 17.3 Å². The number of aromatic nitrogens is 2. The van der Waals surface area contributed by atoms with E-state index in [-0.39, 0.29) is 18.4 Å². The molecule has 3 aromatic heterocycles. The topological polar surface area (TPSA) is 97.6 Å². The smallest absolute Gasteiger partial charge is 0.264 e. The molecule has 164 valence electrons. The van der Waals surface area contributed by atoms with Gasteiger partial charge in [0.15, 0.2) is 11.6 Å². The van der Waals surface area contributed by atoms with Crippen molar-refractivity contribution in [3.63, 3.8) is 0 Å². The third-order valence-electron chi connectivity index (χ3n) is 4.99. The first kappa shape index (κ1) is 21.5. The second-order valence-electron chi connectivity index (χ2n) is 7.29. The van der Waals surface area contributed by atoms with Crippen LogP contribution in [0.1, 0.15) is 20.9 Å². The Bertz CT molecular complexity index is 1300. The molecule has 0 aliphatic heterocycles. The molecule has 8 nitrogen and oxygen atoms in total. The largest absolute Gasteiger partial charge is 0.497 e. The second kappa shape index (κ2) is 8.80. The van der Waals surface area contributed by atoms with Gasteiger partial charge in [0.25, 0.3) is 5.91 Å². The first-order chi connectivity index (χ1) is 15.4. The van der Waals surface area contributed by atoms with Gasteiger partial charge in [0, 0.05) is 24.2 Å². The summed E-state index contributed by atoms with van der Waals surface area (Å²) in [6.45, 7) is 3.67. The van der Waals surface area contributed by atoms with Crippen molar-refractivity contribution in [1.29, 1.82) is 0 Å². The number of furan rings is 1. The number of carbonyl (C=O) groups is 2. The summed E-state index contributed by atoms with van der Waals surface area (Å²) in [5, 5.41) is 3.63. The number of benzene rings is 1. The minimum absolute atomic E-state index is 0.0912. The summed E-state index contributed by atoms with van der Waals surface area (Å²) in [5.74, 6) is 1.14. The van der Waals surface area contributed by atoms with Crippen LogP contribution in [-0.4, -0.2) is 47.4 Å². The van der Waals surface area contributed by atoms with E-state index >= 15 is 0 Å². The zero-order chi connectivity index (χ0) is 22.8. The van der Waals surface area contributed by atoms with E-state index < -0.39 is 0 Å². The van der Waals surface area contributed by atoms with Crippen molar-refractivity contribution in [2.75, 3.05) is 26.0 Å². The van der Waals surface area contributed by atoms with Crippen LogP contribution in [0.5, 0.6) is 5.75 Å². The summed E-state index contributed by atoms with van der Waals surface area (Å²) in [5.41, 5.74) is 2.18.